The highest BCUT2D eigenvalue weighted by molar-refractivity contribution is 7.89. The molecule has 0 aliphatic rings. The summed E-state index contributed by atoms with van der Waals surface area (Å²) in [6, 6.07) is 22.9. The van der Waals surface area contributed by atoms with Crippen LogP contribution in [0.5, 0.6) is 5.75 Å². The van der Waals surface area contributed by atoms with Crippen LogP contribution in [0, 0.1) is 0 Å². The normalized spacial score (nSPS) is 11.4. The summed E-state index contributed by atoms with van der Waals surface area (Å²) in [5.74, 6) is 0.720. The fraction of sp³-hybridized carbons (Fsp3) is 0.0500. The Bertz CT molecular complexity index is 1000. The average molecular weight is 401 g/mol. The number of hydrazone groups is 1. The van der Waals surface area contributed by atoms with E-state index < -0.39 is 10.0 Å². The van der Waals surface area contributed by atoms with Gasteiger partial charge in [-0.05, 0) is 59.7 Å². The van der Waals surface area contributed by atoms with Crippen molar-refractivity contribution in [2.75, 3.05) is 0 Å². The number of rotatable bonds is 7. The van der Waals surface area contributed by atoms with Crippen LogP contribution in [0.3, 0.4) is 0 Å². The van der Waals surface area contributed by atoms with Crippen molar-refractivity contribution in [2.45, 2.75) is 11.5 Å². The van der Waals surface area contributed by atoms with Crippen LogP contribution in [-0.2, 0) is 16.6 Å². The first-order valence-electron chi connectivity index (χ1n) is 8.10. The molecule has 0 saturated carbocycles. The number of sulfonamides is 1. The highest BCUT2D eigenvalue weighted by Crippen LogP contribution is 2.15. The summed E-state index contributed by atoms with van der Waals surface area (Å²) in [5, 5.41) is 4.26. The maximum atomic E-state index is 12.1. The average Bonchev–Trinajstić information content (AvgIpc) is 2.68. The lowest BCUT2D eigenvalue weighted by atomic mass is 10.2. The molecular weight excluding hydrogens is 384 g/mol. The first-order chi connectivity index (χ1) is 13.0. The highest BCUT2D eigenvalue weighted by Gasteiger charge is 2.11. The smallest absolute Gasteiger partial charge is 0.276 e. The van der Waals surface area contributed by atoms with Gasteiger partial charge in [0.2, 0.25) is 0 Å². The van der Waals surface area contributed by atoms with Gasteiger partial charge in [0.25, 0.3) is 10.0 Å². The first-order valence-corrected chi connectivity index (χ1v) is 9.96. The van der Waals surface area contributed by atoms with E-state index in [9.17, 15) is 8.42 Å². The zero-order valence-corrected chi connectivity index (χ0v) is 15.8. The molecule has 0 bridgehead atoms. The number of hydrogen-bond donors (Lipinski definition) is 1. The lowest BCUT2D eigenvalue weighted by Crippen LogP contribution is -2.18. The summed E-state index contributed by atoms with van der Waals surface area (Å²) in [6.07, 6.45) is 1.43. The van der Waals surface area contributed by atoms with Crippen molar-refractivity contribution < 1.29 is 13.2 Å². The largest absolute Gasteiger partial charge is 0.489 e. The lowest BCUT2D eigenvalue weighted by molar-refractivity contribution is 0.306. The number of hydrogen-bond acceptors (Lipinski definition) is 4. The van der Waals surface area contributed by atoms with Gasteiger partial charge in [-0.3, -0.25) is 0 Å². The van der Waals surface area contributed by atoms with E-state index in [1.165, 1.54) is 30.5 Å². The van der Waals surface area contributed by atoms with Crippen molar-refractivity contribution in [2.24, 2.45) is 5.10 Å². The van der Waals surface area contributed by atoms with Gasteiger partial charge < -0.3 is 4.74 Å². The molecule has 3 aromatic rings. The van der Waals surface area contributed by atoms with Crippen molar-refractivity contribution in [3.05, 3.63) is 95.0 Å². The predicted molar refractivity (Wildman–Crippen MR) is 107 cm³/mol. The van der Waals surface area contributed by atoms with Crippen LogP contribution in [0.1, 0.15) is 11.1 Å². The molecular formula is C20H17ClN2O3S. The highest BCUT2D eigenvalue weighted by atomic mass is 35.5. The van der Waals surface area contributed by atoms with Crippen molar-refractivity contribution in [3.8, 4) is 5.75 Å². The van der Waals surface area contributed by atoms with E-state index in [2.05, 4.69) is 9.93 Å². The molecule has 0 heterocycles. The SMILES string of the molecule is O=S(=O)(N/N=C/c1ccc(OCc2ccccc2)cc1)c1ccc(Cl)cc1. The standard InChI is InChI=1S/C20H17ClN2O3S/c21-18-8-12-20(13-9-18)27(24,25)23-22-14-16-6-10-19(11-7-16)26-15-17-4-2-1-3-5-17/h1-14,23H,15H2/b22-14+. The Morgan fingerprint density at radius 3 is 2.26 bits per heavy atom. The summed E-state index contributed by atoms with van der Waals surface area (Å²) in [7, 11) is -3.73. The number of ether oxygens (including phenoxy) is 1. The van der Waals surface area contributed by atoms with Crippen molar-refractivity contribution in [1.29, 1.82) is 0 Å². The van der Waals surface area contributed by atoms with Gasteiger partial charge in [-0.2, -0.15) is 13.5 Å². The fourth-order valence-corrected chi connectivity index (χ4v) is 3.15. The van der Waals surface area contributed by atoms with Gasteiger partial charge in [-0.1, -0.05) is 41.9 Å². The molecule has 0 radical (unpaired) electrons. The summed E-state index contributed by atoms with van der Waals surface area (Å²) in [4.78, 5) is 2.26. The molecule has 27 heavy (non-hydrogen) atoms. The molecule has 0 atom stereocenters. The van der Waals surface area contributed by atoms with Gasteiger partial charge in [0.1, 0.15) is 12.4 Å². The number of nitrogens with zero attached hydrogens (tertiary/aromatic N) is 1. The zero-order chi connectivity index (χ0) is 19.1. The van der Waals surface area contributed by atoms with Gasteiger partial charge in [-0.25, -0.2) is 4.83 Å². The van der Waals surface area contributed by atoms with Crippen molar-refractivity contribution >= 4 is 27.8 Å². The molecule has 0 unspecified atom stereocenters. The molecule has 0 fully saturated rings. The molecule has 5 nitrogen and oxygen atoms in total. The van der Waals surface area contributed by atoms with Crippen LogP contribution in [0.15, 0.2) is 88.9 Å². The lowest BCUT2D eigenvalue weighted by Gasteiger charge is -2.06. The van der Waals surface area contributed by atoms with Crippen LogP contribution < -0.4 is 9.57 Å². The predicted octanol–water partition coefficient (Wildman–Crippen LogP) is 4.23. The summed E-state index contributed by atoms with van der Waals surface area (Å²) >= 11 is 5.76. The van der Waals surface area contributed by atoms with Crippen LogP contribution in [0.4, 0.5) is 0 Å². The van der Waals surface area contributed by atoms with Crippen LogP contribution >= 0.6 is 11.6 Å². The second-order valence-corrected chi connectivity index (χ2v) is 7.75. The molecule has 0 amide bonds. The Hall–Kier alpha value is -2.83. The Morgan fingerprint density at radius 1 is 0.926 bits per heavy atom. The van der Waals surface area contributed by atoms with Gasteiger partial charge in [-0.15, -0.1) is 0 Å². The monoisotopic (exact) mass is 400 g/mol. The van der Waals surface area contributed by atoms with Crippen molar-refractivity contribution in [3.63, 3.8) is 0 Å². The minimum atomic E-state index is -3.73. The molecule has 0 aromatic heterocycles. The van der Waals surface area contributed by atoms with E-state index in [4.69, 9.17) is 16.3 Å². The van der Waals surface area contributed by atoms with Gasteiger partial charge in [0.05, 0.1) is 11.1 Å². The molecule has 3 aromatic carbocycles. The maximum absolute atomic E-state index is 12.1. The van der Waals surface area contributed by atoms with Crippen LogP contribution in [0.25, 0.3) is 0 Å². The third kappa shape index (κ3) is 5.57. The molecule has 0 aliphatic carbocycles. The molecule has 3 rings (SSSR count). The van der Waals surface area contributed by atoms with E-state index in [1.807, 2.05) is 30.3 Å². The quantitative estimate of drug-likeness (QED) is 0.476. The van der Waals surface area contributed by atoms with Gasteiger partial charge in [0.15, 0.2) is 0 Å². The molecule has 0 spiro atoms. The fourth-order valence-electron chi connectivity index (χ4n) is 2.23. The van der Waals surface area contributed by atoms with E-state index in [-0.39, 0.29) is 4.90 Å². The topological polar surface area (TPSA) is 67.8 Å². The third-order valence-electron chi connectivity index (χ3n) is 3.64. The number of halogens is 1. The summed E-state index contributed by atoms with van der Waals surface area (Å²) in [5.41, 5.74) is 1.82. The summed E-state index contributed by atoms with van der Waals surface area (Å²) < 4.78 is 29.9. The molecule has 0 aliphatic heterocycles. The Morgan fingerprint density at radius 2 is 1.59 bits per heavy atom. The van der Waals surface area contributed by atoms with Crippen LogP contribution in [0.2, 0.25) is 5.02 Å². The number of nitrogens with one attached hydrogen (secondary N) is 1. The van der Waals surface area contributed by atoms with Crippen LogP contribution in [-0.4, -0.2) is 14.6 Å². The second-order valence-electron chi connectivity index (χ2n) is 5.65. The summed E-state index contributed by atoms with van der Waals surface area (Å²) in [6.45, 7) is 0.481. The Kier molecular flexibility index (Phi) is 6.11. The van der Waals surface area contributed by atoms with E-state index >= 15 is 0 Å². The van der Waals surface area contributed by atoms with Crippen molar-refractivity contribution in [1.82, 2.24) is 4.83 Å². The second kappa shape index (κ2) is 8.70. The van der Waals surface area contributed by atoms with E-state index in [0.717, 1.165) is 16.9 Å². The van der Waals surface area contributed by atoms with Gasteiger partial charge >= 0.3 is 0 Å². The minimum absolute atomic E-state index is 0.0914. The van der Waals surface area contributed by atoms with E-state index in [1.54, 1.807) is 24.3 Å². The third-order valence-corrected chi connectivity index (χ3v) is 5.13. The number of benzene rings is 3. The minimum Gasteiger partial charge on any atom is -0.489 e. The van der Waals surface area contributed by atoms with Gasteiger partial charge in [0, 0.05) is 5.02 Å². The first kappa shape index (κ1) is 18.9. The molecule has 138 valence electrons. The zero-order valence-electron chi connectivity index (χ0n) is 14.2. The molecule has 7 heteroatoms. The maximum Gasteiger partial charge on any atom is 0.276 e. The Labute approximate surface area is 163 Å². The Balaban J connectivity index is 1.56. The molecule has 1 N–H and O–H groups in total. The molecule has 0 saturated heterocycles. The van der Waals surface area contributed by atoms with E-state index in [0.29, 0.717) is 11.6 Å².